The highest BCUT2D eigenvalue weighted by Crippen LogP contribution is 2.38. The molecule has 0 fully saturated rings. The van der Waals surface area contributed by atoms with Gasteiger partial charge in [0.1, 0.15) is 0 Å². The predicted molar refractivity (Wildman–Crippen MR) is 99.3 cm³/mol. The first-order chi connectivity index (χ1) is 11.7. The Labute approximate surface area is 148 Å². The number of allylic oxidation sites excluding steroid dienone is 3. The quantitative estimate of drug-likeness (QED) is 0.850. The molecule has 2 amide bonds. The Morgan fingerprint density at radius 3 is 2.64 bits per heavy atom. The molecule has 0 radical (unpaired) electrons. The van der Waals surface area contributed by atoms with E-state index in [1.807, 2.05) is 37.3 Å². The maximum atomic E-state index is 12.4. The van der Waals surface area contributed by atoms with Gasteiger partial charge in [0.25, 0.3) is 5.91 Å². The number of amides is 2. The fourth-order valence-electron chi connectivity index (χ4n) is 3.10. The van der Waals surface area contributed by atoms with Crippen LogP contribution >= 0.6 is 0 Å². The van der Waals surface area contributed by atoms with Crippen molar-refractivity contribution in [3.63, 3.8) is 0 Å². The minimum Gasteiger partial charge on any atom is -0.325 e. The van der Waals surface area contributed by atoms with Gasteiger partial charge in [0.2, 0.25) is 5.91 Å². The third-order valence-corrected chi connectivity index (χ3v) is 4.35. The second kappa shape index (κ2) is 6.28. The van der Waals surface area contributed by atoms with E-state index < -0.39 is 0 Å². The molecule has 1 N–H and O–H groups in total. The van der Waals surface area contributed by atoms with Crippen molar-refractivity contribution < 1.29 is 9.59 Å². The summed E-state index contributed by atoms with van der Waals surface area (Å²) >= 11 is 0. The van der Waals surface area contributed by atoms with Crippen LogP contribution in [-0.2, 0) is 4.79 Å². The second-order valence-electron chi connectivity index (χ2n) is 7.49. The SMILES string of the molecule is Cc1cccc(C(=O)N=C2C=CC3C(=C2)NC(=O)C=C3C(C)(C)C)c1. The zero-order chi connectivity index (χ0) is 18.2. The molecule has 0 saturated heterocycles. The number of nitrogens with one attached hydrogen (secondary N) is 1. The lowest BCUT2D eigenvalue weighted by Crippen LogP contribution is -2.36. The molecule has 1 heterocycles. The van der Waals surface area contributed by atoms with Gasteiger partial charge in [-0.25, -0.2) is 4.99 Å². The Balaban J connectivity index is 1.90. The van der Waals surface area contributed by atoms with Crippen LogP contribution in [0.3, 0.4) is 0 Å². The van der Waals surface area contributed by atoms with Gasteiger partial charge >= 0.3 is 0 Å². The molecule has 128 valence electrons. The molecule has 2 aliphatic rings. The molecule has 1 aliphatic carbocycles. The maximum Gasteiger partial charge on any atom is 0.277 e. The summed E-state index contributed by atoms with van der Waals surface area (Å²) in [4.78, 5) is 28.6. The summed E-state index contributed by atoms with van der Waals surface area (Å²) < 4.78 is 0. The molecule has 0 aromatic heterocycles. The summed E-state index contributed by atoms with van der Waals surface area (Å²) in [6.07, 6.45) is 7.30. The highest BCUT2D eigenvalue weighted by Gasteiger charge is 2.32. The number of aryl methyl sites for hydroxylation is 1. The average Bonchev–Trinajstić information content (AvgIpc) is 2.52. The van der Waals surface area contributed by atoms with Gasteiger partial charge in [-0.05, 0) is 42.2 Å². The summed E-state index contributed by atoms with van der Waals surface area (Å²) in [7, 11) is 0. The smallest absolute Gasteiger partial charge is 0.277 e. The largest absolute Gasteiger partial charge is 0.325 e. The van der Waals surface area contributed by atoms with Crippen LogP contribution in [0, 0.1) is 18.3 Å². The van der Waals surface area contributed by atoms with Crippen LogP contribution in [0.4, 0.5) is 0 Å². The van der Waals surface area contributed by atoms with Gasteiger partial charge < -0.3 is 5.32 Å². The van der Waals surface area contributed by atoms with E-state index in [2.05, 4.69) is 31.1 Å². The van der Waals surface area contributed by atoms with Crippen molar-refractivity contribution >= 4 is 17.5 Å². The van der Waals surface area contributed by atoms with E-state index in [1.165, 1.54) is 0 Å². The van der Waals surface area contributed by atoms with Gasteiger partial charge in [-0.15, -0.1) is 0 Å². The number of rotatable bonds is 1. The zero-order valence-corrected chi connectivity index (χ0v) is 15.0. The lowest BCUT2D eigenvalue weighted by atomic mass is 9.74. The number of carbonyl (C=O) groups excluding carboxylic acids is 2. The highest BCUT2D eigenvalue weighted by atomic mass is 16.2. The summed E-state index contributed by atoms with van der Waals surface area (Å²) in [6, 6.07) is 7.35. The van der Waals surface area contributed by atoms with Crippen molar-refractivity contribution in [2.24, 2.45) is 16.3 Å². The first-order valence-corrected chi connectivity index (χ1v) is 8.36. The molecule has 0 spiro atoms. The van der Waals surface area contributed by atoms with Crippen molar-refractivity contribution in [3.8, 4) is 0 Å². The van der Waals surface area contributed by atoms with Crippen molar-refractivity contribution in [1.82, 2.24) is 5.32 Å². The Hall–Kier alpha value is -2.75. The Morgan fingerprint density at radius 2 is 1.96 bits per heavy atom. The molecule has 1 aromatic carbocycles. The fraction of sp³-hybridized carbons (Fsp3) is 0.286. The Kier molecular flexibility index (Phi) is 4.29. The van der Waals surface area contributed by atoms with Gasteiger partial charge in [-0.3, -0.25) is 9.59 Å². The van der Waals surface area contributed by atoms with E-state index >= 15 is 0 Å². The van der Waals surface area contributed by atoms with Crippen LogP contribution in [0.1, 0.15) is 36.7 Å². The highest BCUT2D eigenvalue weighted by molar-refractivity contribution is 6.14. The third-order valence-electron chi connectivity index (χ3n) is 4.35. The summed E-state index contributed by atoms with van der Waals surface area (Å²) in [5.41, 5.74) is 3.84. The van der Waals surface area contributed by atoms with Gasteiger partial charge in [-0.1, -0.05) is 44.5 Å². The molecular weight excluding hydrogens is 312 g/mol. The minimum absolute atomic E-state index is 0.0192. The zero-order valence-electron chi connectivity index (χ0n) is 15.0. The standard InChI is InChI=1S/C21H22N2O2/c1-13-6-5-7-14(10-13)20(25)22-15-8-9-16-17(21(2,3)4)12-19(24)23-18(16)11-15/h5-12,16H,1-4H3,(H,23,24). The number of aliphatic imine (C=N–C) groups is 1. The van der Waals surface area contributed by atoms with Gasteiger partial charge in [0.05, 0.1) is 5.71 Å². The first kappa shape index (κ1) is 17.1. The number of carbonyl (C=O) groups is 2. The van der Waals surface area contributed by atoms with E-state index in [9.17, 15) is 9.59 Å². The Morgan fingerprint density at radius 1 is 1.20 bits per heavy atom. The lowest BCUT2D eigenvalue weighted by molar-refractivity contribution is -0.116. The molecule has 1 aromatic rings. The van der Waals surface area contributed by atoms with E-state index in [4.69, 9.17) is 0 Å². The molecule has 1 unspecified atom stereocenters. The summed E-state index contributed by atoms with van der Waals surface area (Å²) in [5, 5.41) is 2.87. The number of fused-ring (bicyclic) bond motifs is 1. The van der Waals surface area contributed by atoms with Crippen LogP contribution in [-0.4, -0.2) is 17.5 Å². The van der Waals surface area contributed by atoms with Gasteiger partial charge in [0, 0.05) is 23.3 Å². The minimum atomic E-state index is -0.285. The van der Waals surface area contributed by atoms with Crippen LogP contribution in [0.15, 0.2) is 64.8 Å². The van der Waals surface area contributed by atoms with Crippen LogP contribution < -0.4 is 5.32 Å². The molecule has 3 rings (SSSR count). The van der Waals surface area contributed by atoms with Crippen molar-refractivity contribution in [1.29, 1.82) is 0 Å². The van der Waals surface area contributed by atoms with E-state index in [0.29, 0.717) is 11.3 Å². The molecule has 25 heavy (non-hydrogen) atoms. The van der Waals surface area contributed by atoms with Crippen molar-refractivity contribution in [3.05, 3.63) is 71.0 Å². The van der Waals surface area contributed by atoms with E-state index in [-0.39, 0.29) is 23.1 Å². The monoisotopic (exact) mass is 334 g/mol. The molecular formula is C21H22N2O2. The summed E-state index contributed by atoms with van der Waals surface area (Å²) in [5.74, 6) is -0.398. The van der Waals surface area contributed by atoms with Crippen LogP contribution in [0.25, 0.3) is 0 Å². The van der Waals surface area contributed by atoms with Gasteiger partial charge in [-0.2, -0.15) is 0 Å². The molecule has 1 atom stereocenters. The second-order valence-corrected chi connectivity index (χ2v) is 7.49. The topological polar surface area (TPSA) is 58.5 Å². The molecule has 4 heteroatoms. The van der Waals surface area contributed by atoms with Crippen LogP contribution in [0.5, 0.6) is 0 Å². The predicted octanol–water partition coefficient (Wildman–Crippen LogP) is 3.75. The molecule has 4 nitrogen and oxygen atoms in total. The number of hydrogen-bond donors (Lipinski definition) is 1. The Bertz CT molecular complexity index is 864. The molecule has 0 bridgehead atoms. The normalized spacial score (nSPS) is 21.4. The maximum absolute atomic E-state index is 12.4. The number of hydrogen-bond acceptors (Lipinski definition) is 2. The van der Waals surface area contributed by atoms with E-state index in [0.717, 1.165) is 16.8 Å². The van der Waals surface area contributed by atoms with Crippen LogP contribution in [0.2, 0.25) is 0 Å². The van der Waals surface area contributed by atoms with Crippen molar-refractivity contribution in [2.75, 3.05) is 0 Å². The lowest BCUT2D eigenvalue weighted by Gasteiger charge is -2.34. The van der Waals surface area contributed by atoms with Gasteiger partial charge in [0.15, 0.2) is 0 Å². The summed E-state index contributed by atoms with van der Waals surface area (Å²) in [6.45, 7) is 8.21. The van der Waals surface area contributed by atoms with Crippen molar-refractivity contribution in [2.45, 2.75) is 27.7 Å². The molecule has 0 saturated carbocycles. The van der Waals surface area contributed by atoms with E-state index in [1.54, 1.807) is 18.2 Å². The number of benzene rings is 1. The first-order valence-electron chi connectivity index (χ1n) is 8.36. The average molecular weight is 334 g/mol. The molecule has 1 aliphatic heterocycles. The number of nitrogens with zero attached hydrogens (tertiary/aromatic N) is 1. The third kappa shape index (κ3) is 3.68. The fourth-order valence-corrected chi connectivity index (χ4v) is 3.10.